The van der Waals surface area contributed by atoms with E-state index < -0.39 is 12.6 Å². The van der Waals surface area contributed by atoms with Crippen molar-refractivity contribution in [3.63, 3.8) is 0 Å². The summed E-state index contributed by atoms with van der Waals surface area (Å²) in [6.45, 7) is 2.12. The lowest BCUT2D eigenvalue weighted by atomic mass is 10.2. The third-order valence-electron chi connectivity index (χ3n) is 8.29. The van der Waals surface area contributed by atoms with Gasteiger partial charge in [0.2, 0.25) is 0 Å². The van der Waals surface area contributed by atoms with Gasteiger partial charge in [-0.3, -0.25) is 10.0 Å². The van der Waals surface area contributed by atoms with Gasteiger partial charge in [0.25, 0.3) is 12.6 Å². The highest BCUT2D eigenvalue weighted by Crippen LogP contribution is 2.23. The van der Waals surface area contributed by atoms with E-state index in [0.717, 1.165) is 22.5 Å². The van der Waals surface area contributed by atoms with Crippen LogP contribution in [0.4, 0.5) is 11.4 Å². The Labute approximate surface area is 304 Å². The van der Waals surface area contributed by atoms with E-state index in [2.05, 4.69) is 48.5 Å². The Hall–Kier alpha value is -6.22. The maximum atomic E-state index is 6.19. The van der Waals surface area contributed by atoms with Crippen molar-refractivity contribution in [1.82, 2.24) is 0 Å². The van der Waals surface area contributed by atoms with Crippen molar-refractivity contribution in [1.29, 1.82) is 0 Å². The number of hydrogen-bond acceptors (Lipinski definition) is 8. The molecule has 1 saturated heterocycles. The molecule has 8 nitrogen and oxygen atoms in total. The molecule has 7 rings (SSSR count). The first-order valence-electron chi connectivity index (χ1n) is 17.3. The number of rotatable bonds is 14. The number of hydrazone groups is 2. The van der Waals surface area contributed by atoms with Gasteiger partial charge < -0.3 is 18.9 Å². The second-order valence-corrected chi connectivity index (χ2v) is 12.1. The lowest BCUT2D eigenvalue weighted by Gasteiger charge is -2.31. The van der Waals surface area contributed by atoms with E-state index in [0.29, 0.717) is 37.8 Å². The van der Waals surface area contributed by atoms with E-state index in [1.165, 1.54) is 11.1 Å². The molecule has 0 radical (unpaired) electrons. The summed E-state index contributed by atoms with van der Waals surface area (Å²) in [6.07, 6.45) is 2.21. The zero-order valence-electron chi connectivity index (χ0n) is 28.7. The van der Waals surface area contributed by atoms with Crippen molar-refractivity contribution < 1.29 is 18.9 Å². The van der Waals surface area contributed by atoms with Gasteiger partial charge in [-0.15, -0.1) is 0 Å². The number of hydrogen-bond donors (Lipinski definition) is 0. The Morgan fingerprint density at radius 2 is 0.808 bits per heavy atom. The monoisotopic (exact) mass is 688 g/mol. The minimum Gasteiger partial charge on any atom is -0.458 e. The molecule has 0 spiro atoms. The Bertz CT molecular complexity index is 1850. The quantitative estimate of drug-likeness (QED) is 0.0841. The molecule has 1 heterocycles. The Morgan fingerprint density at radius 1 is 0.462 bits per heavy atom. The molecule has 6 aromatic rings. The minimum absolute atomic E-state index is 0.405. The summed E-state index contributed by atoms with van der Waals surface area (Å²) in [7, 11) is 0. The van der Waals surface area contributed by atoms with Gasteiger partial charge in [0, 0.05) is 0 Å². The van der Waals surface area contributed by atoms with Crippen LogP contribution in [-0.2, 0) is 22.6 Å². The Morgan fingerprint density at radius 3 is 1.17 bits per heavy atom. The fourth-order valence-electron chi connectivity index (χ4n) is 5.58. The molecular weight excluding hydrogens is 649 g/mol. The van der Waals surface area contributed by atoms with Gasteiger partial charge >= 0.3 is 0 Å². The van der Waals surface area contributed by atoms with Crippen LogP contribution in [0.25, 0.3) is 0 Å². The van der Waals surface area contributed by atoms with Crippen molar-refractivity contribution in [2.24, 2.45) is 10.2 Å². The fourth-order valence-corrected chi connectivity index (χ4v) is 5.58. The second-order valence-electron chi connectivity index (χ2n) is 12.1. The SMILES string of the molecule is C(=N\N(Cc1ccccc1)c1ccccc1)/c1ccc(OC2OCCOC2Oc2ccc(/C=N/N(Cc3ccccc3)c3ccccc3)cc2)cc1. The van der Waals surface area contributed by atoms with Gasteiger partial charge in [-0.25, -0.2) is 0 Å². The molecule has 0 amide bonds. The third kappa shape index (κ3) is 9.72. The standard InChI is InChI=1S/C44H40N4O4/c1-5-13-37(14-6-1)33-47(39-17-9-3-10-18-39)45-31-35-21-25-41(26-22-35)51-43-44(50-30-29-49-43)52-42-27-23-36(24-28-42)32-46-48(40-19-11-4-12-20-40)34-38-15-7-2-8-16-38/h1-28,31-32,43-44H,29-30,33-34H2/b45-31+,46-32+. The maximum absolute atomic E-state index is 6.19. The predicted octanol–water partition coefficient (Wildman–Crippen LogP) is 8.92. The van der Waals surface area contributed by atoms with Gasteiger partial charge in [-0.05, 0) is 95.1 Å². The van der Waals surface area contributed by atoms with E-state index in [1.54, 1.807) is 0 Å². The lowest BCUT2D eigenvalue weighted by Crippen LogP contribution is -2.45. The van der Waals surface area contributed by atoms with E-state index >= 15 is 0 Å². The van der Waals surface area contributed by atoms with Crippen LogP contribution < -0.4 is 19.5 Å². The van der Waals surface area contributed by atoms with Crippen molar-refractivity contribution in [2.75, 3.05) is 23.2 Å². The highest BCUT2D eigenvalue weighted by atomic mass is 16.8. The normalized spacial score (nSPS) is 15.8. The lowest BCUT2D eigenvalue weighted by molar-refractivity contribution is -0.271. The van der Waals surface area contributed by atoms with Crippen molar-refractivity contribution in [3.05, 3.63) is 192 Å². The van der Waals surface area contributed by atoms with Crippen LogP contribution in [0.2, 0.25) is 0 Å². The summed E-state index contributed by atoms with van der Waals surface area (Å²) in [5, 5.41) is 13.6. The number of nitrogens with zero attached hydrogens (tertiary/aromatic N) is 4. The molecule has 0 bridgehead atoms. The van der Waals surface area contributed by atoms with Crippen LogP contribution in [-0.4, -0.2) is 38.2 Å². The highest BCUT2D eigenvalue weighted by molar-refractivity contribution is 5.81. The van der Waals surface area contributed by atoms with Crippen molar-refractivity contribution >= 4 is 23.8 Å². The van der Waals surface area contributed by atoms with E-state index in [1.807, 2.05) is 144 Å². The number of benzene rings is 6. The van der Waals surface area contributed by atoms with Gasteiger partial charge in [0.1, 0.15) is 11.5 Å². The maximum Gasteiger partial charge on any atom is 0.263 e. The highest BCUT2D eigenvalue weighted by Gasteiger charge is 2.31. The average molecular weight is 689 g/mol. The second kappa shape index (κ2) is 17.6. The van der Waals surface area contributed by atoms with E-state index in [-0.39, 0.29) is 0 Å². The molecule has 0 aliphatic carbocycles. The number of para-hydroxylation sites is 2. The van der Waals surface area contributed by atoms with Crippen LogP contribution >= 0.6 is 0 Å². The van der Waals surface area contributed by atoms with E-state index in [9.17, 15) is 0 Å². The average Bonchev–Trinajstić information content (AvgIpc) is 3.21. The third-order valence-corrected chi connectivity index (χ3v) is 8.29. The fraction of sp³-hybridized carbons (Fsp3) is 0.136. The summed E-state index contributed by atoms with van der Waals surface area (Å²) in [5.41, 5.74) is 6.25. The van der Waals surface area contributed by atoms with Crippen LogP contribution in [0.1, 0.15) is 22.3 Å². The molecule has 0 N–H and O–H groups in total. The summed E-state index contributed by atoms with van der Waals surface area (Å²) in [4.78, 5) is 0. The van der Waals surface area contributed by atoms with Gasteiger partial charge in [0.15, 0.2) is 0 Å². The molecule has 260 valence electrons. The Balaban J connectivity index is 0.967. The summed E-state index contributed by atoms with van der Waals surface area (Å²) >= 11 is 0. The van der Waals surface area contributed by atoms with Crippen LogP contribution in [0.15, 0.2) is 180 Å². The largest absolute Gasteiger partial charge is 0.458 e. The van der Waals surface area contributed by atoms with Crippen LogP contribution in [0.3, 0.4) is 0 Å². The first-order valence-corrected chi connectivity index (χ1v) is 17.3. The molecule has 8 heteroatoms. The van der Waals surface area contributed by atoms with Crippen LogP contribution in [0, 0.1) is 0 Å². The molecule has 1 aliphatic rings. The first kappa shape index (κ1) is 34.2. The predicted molar refractivity (Wildman–Crippen MR) is 207 cm³/mol. The number of ether oxygens (including phenoxy) is 4. The zero-order valence-corrected chi connectivity index (χ0v) is 28.7. The molecule has 6 aromatic carbocycles. The summed E-state index contributed by atoms with van der Waals surface area (Å²) in [6, 6.07) is 56.3. The Kier molecular flexibility index (Phi) is 11.6. The minimum atomic E-state index is -0.744. The van der Waals surface area contributed by atoms with Crippen molar-refractivity contribution in [2.45, 2.75) is 25.7 Å². The molecule has 2 atom stereocenters. The summed E-state index contributed by atoms with van der Waals surface area (Å²) in [5.74, 6) is 1.27. The molecule has 1 aliphatic heterocycles. The smallest absolute Gasteiger partial charge is 0.263 e. The summed E-state index contributed by atoms with van der Waals surface area (Å²) < 4.78 is 24.2. The van der Waals surface area contributed by atoms with Gasteiger partial charge in [0.05, 0.1) is 50.1 Å². The topological polar surface area (TPSA) is 68.1 Å². The van der Waals surface area contributed by atoms with Crippen molar-refractivity contribution in [3.8, 4) is 11.5 Å². The van der Waals surface area contributed by atoms with Crippen LogP contribution in [0.5, 0.6) is 11.5 Å². The molecule has 0 aromatic heterocycles. The van der Waals surface area contributed by atoms with E-state index in [4.69, 9.17) is 29.2 Å². The molecular formula is C44H40N4O4. The molecule has 2 unspecified atom stereocenters. The molecule has 0 saturated carbocycles. The molecule has 52 heavy (non-hydrogen) atoms. The van der Waals surface area contributed by atoms with Gasteiger partial charge in [-0.1, -0.05) is 97.1 Å². The molecule has 1 fully saturated rings. The first-order chi connectivity index (χ1) is 25.7. The zero-order chi connectivity index (χ0) is 35.2. The number of anilines is 2. The van der Waals surface area contributed by atoms with Gasteiger partial charge in [-0.2, -0.15) is 10.2 Å².